The molecule has 2 aromatic carbocycles. The summed E-state index contributed by atoms with van der Waals surface area (Å²) in [4.78, 5) is 14.3. The number of amides is 1. The number of alkyl halides is 3. The maximum Gasteiger partial charge on any atom is 0.416 e. The summed E-state index contributed by atoms with van der Waals surface area (Å²) >= 11 is 0. The van der Waals surface area contributed by atoms with Gasteiger partial charge in [0.2, 0.25) is 0 Å². The molecule has 5 nitrogen and oxygen atoms in total. The van der Waals surface area contributed by atoms with Crippen molar-refractivity contribution in [2.75, 3.05) is 10.2 Å². The Balaban J connectivity index is 1.83. The first kappa shape index (κ1) is 18.0. The smallest absolute Gasteiger partial charge is 0.338 e. The van der Waals surface area contributed by atoms with Gasteiger partial charge in [-0.15, -0.1) is 0 Å². The van der Waals surface area contributed by atoms with Crippen LogP contribution in [0.15, 0.2) is 48.7 Å². The Hall–Kier alpha value is -3.36. The molecule has 0 fully saturated rings. The van der Waals surface area contributed by atoms with Crippen LogP contribution in [0.2, 0.25) is 0 Å². The van der Waals surface area contributed by atoms with E-state index in [-0.39, 0.29) is 6.54 Å². The van der Waals surface area contributed by atoms with Crippen LogP contribution in [-0.2, 0) is 19.8 Å². The standard InChI is InChI=1S/C19H14F4N4O/c1-26-17-11(9-24-26)10-27(16-5-3-2-4-15(16)25-17)18(28)13-8-12(19(21,22)23)6-7-14(13)20/h2-9,25H,10H2,1H3. The number of fused-ring (bicyclic) bond motifs is 2. The van der Waals surface area contributed by atoms with E-state index < -0.39 is 29.0 Å². The second-order valence-corrected chi connectivity index (χ2v) is 6.37. The van der Waals surface area contributed by atoms with E-state index in [0.717, 1.165) is 0 Å². The maximum absolute atomic E-state index is 14.3. The van der Waals surface area contributed by atoms with Gasteiger partial charge in [-0.1, -0.05) is 12.1 Å². The first-order valence-corrected chi connectivity index (χ1v) is 8.31. The van der Waals surface area contributed by atoms with Gasteiger partial charge in [-0.3, -0.25) is 9.48 Å². The molecular formula is C19H14F4N4O. The highest BCUT2D eigenvalue weighted by Gasteiger charge is 2.34. The van der Waals surface area contributed by atoms with Crippen molar-refractivity contribution in [1.82, 2.24) is 9.78 Å². The lowest BCUT2D eigenvalue weighted by molar-refractivity contribution is -0.137. The molecule has 1 N–H and O–H groups in total. The monoisotopic (exact) mass is 390 g/mol. The van der Waals surface area contributed by atoms with Crippen molar-refractivity contribution >= 4 is 23.1 Å². The third-order valence-electron chi connectivity index (χ3n) is 4.56. The molecule has 1 aliphatic rings. The molecule has 0 unspecified atom stereocenters. The second-order valence-electron chi connectivity index (χ2n) is 6.37. The summed E-state index contributed by atoms with van der Waals surface area (Å²) in [6.07, 6.45) is -3.13. The molecule has 9 heteroatoms. The average Bonchev–Trinajstić information content (AvgIpc) is 2.90. The minimum absolute atomic E-state index is 0.0295. The molecule has 4 rings (SSSR count). The molecule has 1 aromatic heterocycles. The highest BCUT2D eigenvalue weighted by molar-refractivity contribution is 6.08. The molecule has 0 bridgehead atoms. The number of nitrogens with zero attached hydrogens (tertiary/aromatic N) is 3. The van der Waals surface area contributed by atoms with Crippen molar-refractivity contribution in [2.45, 2.75) is 12.7 Å². The maximum atomic E-state index is 14.3. The molecule has 28 heavy (non-hydrogen) atoms. The quantitative estimate of drug-likeness (QED) is 0.624. The Bertz CT molecular complexity index is 1070. The molecule has 0 radical (unpaired) electrons. The van der Waals surface area contributed by atoms with E-state index in [1.807, 2.05) is 0 Å². The number of carbonyl (C=O) groups is 1. The van der Waals surface area contributed by atoms with Crippen molar-refractivity contribution in [3.63, 3.8) is 0 Å². The fraction of sp³-hybridized carbons (Fsp3) is 0.158. The lowest BCUT2D eigenvalue weighted by Gasteiger charge is -2.23. The third-order valence-corrected chi connectivity index (χ3v) is 4.56. The van der Waals surface area contributed by atoms with Gasteiger partial charge in [-0.25, -0.2) is 4.39 Å². The van der Waals surface area contributed by atoms with Gasteiger partial charge in [0.1, 0.15) is 11.6 Å². The van der Waals surface area contributed by atoms with E-state index in [9.17, 15) is 22.4 Å². The van der Waals surface area contributed by atoms with Gasteiger partial charge in [-0.2, -0.15) is 18.3 Å². The molecule has 3 aromatic rings. The van der Waals surface area contributed by atoms with Crippen LogP contribution in [0, 0.1) is 5.82 Å². The minimum atomic E-state index is -4.68. The summed E-state index contributed by atoms with van der Waals surface area (Å²) < 4.78 is 55.0. The number of aromatic nitrogens is 2. The first-order chi connectivity index (χ1) is 13.3. The average molecular weight is 390 g/mol. The zero-order valence-corrected chi connectivity index (χ0v) is 14.6. The highest BCUT2D eigenvalue weighted by Crippen LogP contribution is 2.37. The van der Waals surface area contributed by atoms with Crippen LogP contribution >= 0.6 is 0 Å². The normalized spacial score (nSPS) is 13.4. The highest BCUT2D eigenvalue weighted by atomic mass is 19.4. The number of rotatable bonds is 1. The number of halogens is 4. The molecule has 0 atom stereocenters. The molecule has 2 heterocycles. The summed E-state index contributed by atoms with van der Waals surface area (Å²) in [5.74, 6) is -1.24. The molecule has 0 saturated heterocycles. The number of aryl methyl sites for hydroxylation is 1. The minimum Gasteiger partial charge on any atom is -0.338 e. The predicted octanol–water partition coefficient (Wildman–Crippen LogP) is 4.48. The molecule has 0 saturated carbocycles. The van der Waals surface area contributed by atoms with Gasteiger partial charge in [0.15, 0.2) is 0 Å². The molecule has 144 valence electrons. The Morgan fingerprint density at radius 1 is 1.18 bits per heavy atom. The van der Waals surface area contributed by atoms with E-state index >= 15 is 0 Å². The first-order valence-electron chi connectivity index (χ1n) is 8.31. The Kier molecular flexibility index (Phi) is 4.10. The Morgan fingerprint density at radius 3 is 2.68 bits per heavy atom. The van der Waals surface area contributed by atoms with E-state index in [4.69, 9.17) is 0 Å². The van der Waals surface area contributed by atoms with Crippen LogP contribution in [-0.4, -0.2) is 15.7 Å². The van der Waals surface area contributed by atoms with Gasteiger partial charge >= 0.3 is 6.18 Å². The predicted molar refractivity (Wildman–Crippen MR) is 94.8 cm³/mol. The van der Waals surface area contributed by atoms with Crippen LogP contribution in [0.5, 0.6) is 0 Å². The fourth-order valence-corrected chi connectivity index (χ4v) is 3.15. The van der Waals surface area contributed by atoms with Crippen molar-refractivity contribution in [2.24, 2.45) is 7.05 Å². The van der Waals surface area contributed by atoms with E-state index in [1.54, 1.807) is 42.2 Å². The lowest BCUT2D eigenvalue weighted by atomic mass is 10.1. The van der Waals surface area contributed by atoms with Crippen molar-refractivity contribution < 1.29 is 22.4 Å². The van der Waals surface area contributed by atoms with Crippen LogP contribution in [0.25, 0.3) is 0 Å². The van der Waals surface area contributed by atoms with Gasteiger partial charge in [0.05, 0.1) is 35.2 Å². The Labute approximate surface area is 157 Å². The summed E-state index contributed by atoms with van der Waals surface area (Å²) in [5.41, 5.74) is -0.0805. The zero-order chi connectivity index (χ0) is 20.1. The number of para-hydroxylation sites is 2. The van der Waals surface area contributed by atoms with Crippen molar-refractivity contribution in [3.8, 4) is 0 Å². The van der Waals surface area contributed by atoms with Gasteiger partial charge < -0.3 is 10.2 Å². The summed E-state index contributed by atoms with van der Waals surface area (Å²) in [6.45, 7) is 0.0295. The van der Waals surface area contributed by atoms with Crippen molar-refractivity contribution in [1.29, 1.82) is 0 Å². The van der Waals surface area contributed by atoms with Crippen LogP contribution in [0.1, 0.15) is 21.5 Å². The fourth-order valence-electron chi connectivity index (χ4n) is 3.15. The molecule has 1 amide bonds. The summed E-state index contributed by atoms with van der Waals surface area (Å²) in [6, 6.07) is 8.63. The summed E-state index contributed by atoms with van der Waals surface area (Å²) in [7, 11) is 1.72. The number of anilines is 3. The van der Waals surface area contributed by atoms with Gasteiger partial charge in [0, 0.05) is 12.6 Å². The topological polar surface area (TPSA) is 50.2 Å². The molecule has 1 aliphatic heterocycles. The second kappa shape index (κ2) is 6.36. The number of nitrogens with one attached hydrogen (secondary N) is 1. The summed E-state index contributed by atoms with van der Waals surface area (Å²) in [5, 5.41) is 7.31. The van der Waals surface area contributed by atoms with Crippen LogP contribution in [0.3, 0.4) is 0 Å². The number of hydrogen-bond donors (Lipinski definition) is 1. The Morgan fingerprint density at radius 2 is 1.93 bits per heavy atom. The lowest BCUT2D eigenvalue weighted by Crippen LogP contribution is -2.31. The van der Waals surface area contributed by atoms with Crippen LogP contribution < -0.4 is 10.2 Å². The van der Waals surface area contributed by atoms with E-state index in [0.29, 0.717) is 41.0 Å². The number of carbonyl (C=O) groups excluding carboxylic acids is 1. The number of hydrogen-bond acceptors (Lipinski definition) is 3. The molecule has 0 spiro atoms. The zero-order valence-electron chi connectivity index (χ0n) is 14.6. The van der Waals surface area contributed by atoms with Gasteiger partial charge in [-0.05, 0) is 30.3 Å². The largest absolute Gasteiger partial charge is 0.416 e. The molecular weight excluding hydrogens is 376 g/mol. The van der Waals surface area contributed by atoms with Gasteiger partial charge in [0.25, 0.3) is 5.91 Å². The van der Waals surface area contributed by atoms with E-state index in [1.165, 1.54) is 4.90 Å². The third kappa shape index (κ3) is 2.98. The SMILES string of the molecule is Cn1ncc2c1Nc1ccccc1N(C(=O)c1cc(C(F)(F)F)ccc1F)C2. The van der Waals surface area contributed by atoms with Crippen LogP contribution in [0.4, 0.5) is 34.8 Å². The van der Waals surface area contributed by atoms with Crippen molar-refractivity contribution in [3.05, 3.63) is 71.2 Å². The number of benzene rings is 2. The van der Waals surface area contributed by atoms with E-state index in [2.05, 4.69) is 10.4 Å². The molecule has 0 aliphatic carbocycles.